The van der Waals surface area contributed by atoms with Crippen LogP contribution in [0.1, 0.15) is 29.3 Å². The molecule has 1 saturated heterocycles. The van der Waals surface area contributed by atoms with Gasteiger partial charge in [0.15, 0.2) is 0 Å². The van der Waals surface area contributed by atoms with Gasteiger partial charge in [0.25, 0.3) is 0 Å². The van der Waals surface area contributed by atoms with Crippen LogP contribution >= 0.6 is 0 Å². The Labute approximate surface area is 121 Å². The minimum atomic E-state index is -4.60. The van der Waals surface area contributed by atoms with E-state index < -0.39 is 23.2 Å². The van der Waals surface area contributed by atoms with Crippen LogP contribution in [-0.2, 0) is 6.18 Å². The Hall–Kier alpha value is -1.76. The molecule has 0 aliphatic carbocycles. The summed E-state index contributed by atoms with van der Waals surface area (Å²) in [4.78, 5) is 13.1. The molecule has 1 aromatic rings. The van der Waals surface area contributed by atoms with Crippen LogP contribution < -0.4 is 16.0 Å². The van der Waals surface area contributed by atoms with Gasteiger partial charge in [0.05, 0.1) is 17.2 Å². The van der Waals surface area contributed by atoms with Gasteiger partial charge in [-0.2, -0.15) is 13.2 Å². The fourth-order valence-electron chi connectivity index (χ4n) is 2.42. The summed E-state index contributed by atoms with van der Waals surface area (Å²) in [7, 11) is 0. The number of hydrogen-bond donors (Lipinski definition) is 2. The average molecular weight is 301 g/mol. The highest BCUT2D eigenvalue weighted by atomic mass is 19.4. The lowest BCUT2D eigenvalue weighted by Crippen LogP contribution is -2.57. The van der Waals surface area contributed by atoms with Gasteiger partial charge in [0.2, 0.25) is 5.91 Å². The van der Waals surface area contributed by atoms with Crippen LogP contribution in [0.5, 0.6) is 0 Å². The summed E-state index contributed by atoms with van der Waals surface area (Å²) >= 11 is 0. The summed E-state index contributed by atoms with van der Waals surface area (Å²) in [6.45, 7) is 4.14. The first-order valence-electron chi connectivity index (χ1n) is 6.83. The molecule has 4 nitrogen and oxygen atoms in total. The van der Waals surface area contributed by atoms with Gasteiger partial charge < -0.3 is 16.0 Å². The fourth-order valence-corrected chi connectivity index (χ4v) is 2.42. The van der Waals surface area contributed by atoms with Crippen LogP contribution in [0.4, 0.5) is 18.9 Å². The van der Waals surface area contributed by atoms with Crippen molar-refractivity contribution in [3.05, 3.63) is 29.3 Å². The quantitative estimate of drug-likeness (QED) is 0.874. The largest absolute Gasteiger partial charge is 0.417 e. The molecule has 1 aliphatic rings. The number of nitrogens with one attached hydrogen (secondary N) is 1. The molecular formula is C14H18F3N3O. The Bertz CT molecular complexity index is 527. The van der Waals surface area contributed by atoms with Crippen LogP contribution in [-0.4, -0.2) is 31.6 Å². The third-order valence-electron chi connectivity index (χ3n) is 3.57. The average Bonchev–Trinajstić information content (AvgIpc) is 2.34. The molecule has 1 aromatic carbocycles. The van der Waals surface area contributed by atoms with Crippen LogP contribution in [0, 0.1) is 0 Å². The minimum Gasteiger partial charge on any atom is -0.366 e. The van der Waals surface area contributed by atoms with E-state index >= 15 is 0 Å². The Kier molecular flexibility index (Phi) is 4.41. The molecule has 116 valence electrons. The second kappa shape index (κ2) is 5.93. The van der Waals surface area contributed by atoms with Gasteiger partial charge in [-0.25, -0.2) is 0 Å². The Balaban J connectivity index is 2.42. The zero-order valence-corrected chi connectivity index (χ0v) is 11.7. The van der Waals surface area contributed by atoms with E-state index in [2.05, 4.69) is 5.32 Å². The Morgan fingerprint density at radius 1 is 1.43 bits per heavy atom. The van der Waals surface area contributed by atoms with Gasteiger partial charge in [0, 0.05) is 25.3 Å². The minimum absolute atomic E-state index is 0.186. The van der Waals surface area contributed by atoms with E-state index in [9.17, 15) is 18.0 Å². The van der Waals surface area contributed by atoms with Crippen molar-refractivity contribution in [1.82, 2.24) is 5.32 Å². The number of alkyl halides is 3. The molecule has 3 N–H and O–H groups in total. The number of anilines is 1. The van der Waals surface area contributed by atoms with Gasteiger partial charge in [-0.15, -0.1) is 0 Å². The lowest BCUT2D eigenvalue weighted by molar-refractivity contribution is -0.137. The highest BCUT2D eigenvalue weighted by Crippen LogP contribution is 2.35. The van der Waals surface area contributed by atoms with E-state index in [1.165, 1.54) is 6.07 Å². The number of primary amides is 1. The third-order valence-corrected chi connectivity index (χ3v) is 3.57. The molecule has 2 rings (SSSR count). The molecule has 0 spiro atoms. The summed E-state index contributed by atoms with van der Waals surface area (Å²) in [6, 6.07) is 3.90. The van der Waals surface area contributed by atoms with E-state index in [1.54, 1.807) is 0 Å². The molecular weight excluding hydrogens is 283 g/mol. The van der Waals surface area contributed by atoms with E-state index in [0.29, 0.717) is 12.2 Å². The maximum atomic E-state index is 13.1. The molecule has 0 atom stereocenters. The van der Waals surface area contributed by atoms with Crippen molar-refractivity contribution < 1.29 is 18.0 Å². The van der Waals surface area contributed by atoms with Crippen molar-refractivity contribution >= 4 is 11.6 Å². The highest BCUT2D eigenvalue weighted by Gasteiger charge is 2.36. The smallest absolute Gasteiger partial charge is 0.366 e. The molecule has 0 bridgehead atoms. The monoisotopic (exact) mass is 301 g/mol. The third kappa shape index (κ3) is 3.29. The van der Waals surface area contributed by atoms with Crippen molar-refractivity contribution in [2.45, 2.75) is 25.6 Å². The number of nitrogens with two attached hydrogens (primary N) is 1. The van der Waals surface area contributed by atoms with Crippen LogP contribution in [0.25, 0.3) is 0 Å². The van der Waals surface area contributed by atoms with Crippen molar-refractivity contribution in [3.8, 4) is 0 Å². The van der Waals surface area contributed by atoms with E-state index in [-0.39, 0.29) is 6.04 Å². The number of halogens is 3. The molecule has 1 amide bonds. The summed E-state index contributed by atoms with van der Waals surface area (Å²) in [5.74, 6) is -1.07. The molecule has 1 heterocycles. The number of rotatable bonds is 5. The zero-order valence-electron chi connectivity index (χ0n) is 11.7. The van der Waals surface area contributed by atoms with Crippen molar-refractivity contribution in [2.75, 3.05) is 24.5 Å². The first kappa shape index (κ1) is 15.6. The van der Waals surface area contributed by atoms with Gasteiger partial charge >= 0.3 is 6.18 Å². The van der Waals surface area contributed by atoms with E-state index in [1.807, 2.05) is 11.8 Å². The lowest BCUT2D eigenvalue weighted by atomic mass is 10.0. The van der Waals surface area contributed by atoms with E-state index in [0.717, 1.165) is 31.6 Å². The van der Waals surface area contributed by atoms with Crippen molar-refractivity contribution in [2.24, 2.45) is 5.73 Å². The fraction of sp³-hybridized carbons (Fsp3) is 0.500. The SMILES string of the molecule is CCCN(c1ccc(C(N)=O)c(C(F)(F)F)c1)C1CNC1. The number of hydrogen-bond acceptors (Lipinski definition) is 3. The molecule has 1 aliphatic heterocycles. The zero-order chi connectivity index (χ0) is 15.6. The van der Waals surface area contributed by atoms with E-state index in [4.69, 9.17) is 5.73 Å². The van der Waals surface area contributed by atoms with Crippen LogP contribution in [0.15, 0.2) is 18.2 Å². The summed E-state index contributed by atoms with van der Waals surface area (Å²) < 4.78 is 39.3. The number of amides is 1. The number of carbonyl (C=O) groups is 1. The molecule has 0 aromatic heterocycles. The van der Waals surface area contributed by atoms with Gasteiger partial charge in [-0.05, 0) is 24.6 Å². The first-order chi connectivity index (χ1) is 9.84. The predicted octanol–water partition coefficient (Wildman–Crippen LogP) is 1.99. The number of benzene rings is 1. The molecule has 0 radical (unpaired) electrons. The number of carbonyl (C=O) groups excluding carboxylic acids is 1. The summed E-state index contributed by atoms with van der Waals surface area (Å²) in [5.41, 5.74) is 4.04. The van der Waals surface area contributed by atoms with Crippen molar-refractivity contribution in [1.29, 1.82) is 0 Å². The molecule has 7 heteroatoms. The second-order valence-electron chi connectivity index (χ2n) is 5.10. The Morgan fingerprint density at radius 3 is 2.52 bits per heavy atom. The second-order valence-corrected chi connectivity index (χ2v) is 5.10. The molecule has 0 saturated carbocycles. The molecule has 1 fully saturated rings. The Morgan fingerprint density at radius 2 is 2.10 bits per heavy atom. The summed E-state index contributed by atoms with van der Waals surface area (Å²) in [6.07, 6.45) is -3.77. The van der Waals surface area contributed by atoms with Gasteiger partial charge in [-0.1, -0.05) is 6.92 Å². The molecule has 0 unspecified atom stereocenters. The topological polar surface area (TPSA) is 58.4 Å². The first-order valence-corrected chi connectivity index (χ1v) is 6.83. The van der Waals surface area contributed by atoms with Crippen LogP contribution in [0.3, 0.4) is 0 Å². The predicted molar refractivity (Wildman–Crippen MR) is 74.3 cm³/mol. The normalized spacial score (nSPS) is 15.6. The van der Waals surface area contributed by atoms with Crippen LogP contribution in [0.2, 0.25) is 0 Å². The molecule has 21 heavy (non-hydrogen) atoms. The van der Waals surface area contributed by atoms with Crippen molar-refractivity contribution in [3.63, 3.8) is 0 Å². The van der Waals surface area contributed by atoms with Gasteiger partial charge in [0.1, 0.15) is 0 Å². The van der Waals surface area contributed by atoms with Gasteiger partial charge in [-0.3, -0.25) is 4.79 Å². The lowest BCUT2D eigenvalue weighted by Gasteiger charge is -2.40. The maximum Gasteiger partial charge on any atom is 0.417 e. The maximum absolute atomic E-state index is 13.1. The highest BCUT2D eigenvalue weighted by molar-refractivity contribution is 5.95. The number of nitrogens with zero attached hydrogens (tertiary/aromatic N) is 1. The summed E-state index contributed by atoms with van der Waals surface area (Å²) in [5, 5.41) is 3.11. The standard InChI is InChI=1S/C14H18F3N3O/c1-2-5-20(10-7-19-8-10)9-3-4-11(13(18)21)12(6-9)14(15,16)17/h3-4,6,10,19H,2,5,7-8H2,1H3,(H2,18,21).